The van der Waals surface area contributed by atoms with Gasteiger partial charge in [0.15, 0.2) is 6.10 Å². The zero-order valence-corrected chi connectivity index (χ0v) is 7.33. The first kappa shape index (κ1) is 10.4. The lowest BCUT2D eigenvalue weighted by atomic mass is 10.3. The molecule has 0 saturated carbocycles. The van der Waals surface area contributed by atoms with Crippen LogP contribution in [0.1, 0.15) is 6.92 Å². The lowest BCUT2D eigenvalue weighted by Crippen LogP contribution is -2.22. The maximum absolute atomic E-state index is 12.6. The summed E-state index contributed by atoms with van der Waals surface area (Å²) in [6, 6.07) is 2.52. The zero-order valence-electron chi connectivity index (χ0n) is 7.33. The Morgan fingerprint density at radius 2 is 1.86 bits per heavy atom. The molecule has 1 N–H and O–H groups in total. The third-order valence-corrected chi connectivity index (χ3v) is 1.50. The van der Waals surface area contributed by atoms with Crippen LogP contribution in [0.15, 0.2) is 18.2 Å². The van der Waals surface area contributed by atoms with Gasteiger partial charge in [-0.25, -0.2) is 13.6 Å². The number of benzene rings is 1. The molecule has 0 radical (unpaired) electrons. The molecule has 0 aliphatic heterocycles. The molecule has 0 aromatic heterocycles. The first-order valence-electron chi connectivity index (χ1n) is 3.84. The standard InChI is InChI=1S/C9H8F2O3/c1-5(9(12)13)14-8-3-6(10)2-7(11)4-8/h2-5H,1H3,(H,12,13)/t5-/m1/s1. The molecule has 0 heterocycles. The van der Waals surface area contributed by atoms with E-state index in [1.165, 1.54) is 6.92 Å². The van der Waals surface area contributed by atoms with Crippen LogP contribution in [0, 0.1) is 11.6 Å². The van der Waals surface area contributed by atoms with Crippen LogP contribution in [0.4, 0.5) is 8.78 Å². The maximum Gasteiger partial charge on any atom is 0.344 e. The van der Waals surface area contributed by atoms with Crippen LogP contribution in [0.2, 0.25) is 0 Å². The van der Waals surface area contributed by atoms with Crippen molar-refractivity contribution in [3.63, 3.8) is 0 Å². The second-order valence-electron chi connectivity index (χ2n) is 2.70. The number of hydrogen-bond acceptors (Lipinski definition) is 2. The second-order valence-corrected chi connectivity index (χ2v) is 2.70. The van der Waals surface area contributed by atoms with Gasteiger partial charge in [0, 0.05) is 18.2 Å². The van der Waals surface area contributed by atoms with Gasteiger partial charge in [0.05, 0.1) is 0 Å². The van der Waals surface area contributed by atoms with E-state index in [-0.39, 0.29) is 5.75 Å². The summed E-state index contributed by atoms with van der Waals surface area (Å²) in [6.45, 7) is 1.27. The van der Waals surface area contributed by atoms with Crippen LogP contribution in [0.5, 0.6) is 5.75 Å². The average molecular weight is 202 g/mol. The number of ether oxygens (including phenoxy) is 1. The van der Waals surface area contributed by atoms with Crippen molar-refractivity contribution in [3.05, 3.63) is 29.8 Å². The van der Waals surface area contributed by atoms with Gasteiger partial charge in [0.2, 0.25) is 0 Å². The number of carboxylic acid groups (broad SMARTS) is 1. The van der Waals surface area contributed by atoms with Gasteiger partial charge in [0.25, 0.3) is 0 Å². The highest BCUT2D eigenvalue weighted by atomic mass is 19.1. The van der Waals surface area contributed by atoms with E-state index in [9.17, 15) is 13.6 Å². The summed E-state index contributed by atoms with van der Waals surface area (Å²) >= 11 is 0. The molecule has 1 aromatic rings. The highest BCUT2D eigenvalue weighted by Crippen LogP contribution is 2.16. The molecule has 0 spiro atoms. The van der Waals surface area contributed by atoms with Gasteiger partial charge in [-0.1, -0.05) is 0 Å². The zero-order chi connectivity index (χ0) is 10.7. The van der Waals surface area contributed by atoms with Gasteiger partial charge < -0.3 is 9.84 Å². The summed E-state index contributed by atoms with van der Waals surface area (Å²) < 4.78 is 30.0. The van der Waals surface area contributed by atoms with Crippen molar-refractivity contribution in [3.8, 4) is 5.75 Å². The third kappa shape index (κ3) is 2.69. The number of carbonyl (C=O) groups is 1. The smallest absolute Gasteiger partial charge is 0.344 e. The molecule has 3 nitrogen and oxygen atoms in total. The largest absolute Gasteiger partial charge is 0.479 e. The molecule has 0 aliphatic carbocycles. The van der Waals surface area contributed by atoms with Crippen molar-refractivity contribution >= 4 is 5.97 Å². The van der Waals surface area contributed by atoms with Crippen molar-refractivity contribution in [2.24, 2.45) is 0 Å². The average Bonchev–Trinajstić information content (AvgIpc) is 2.01. The summed E-state index contributed by atoms with van der Waals surface area (Å²) in [7, 11) is 0. The summed E-state index contributed by atoms with van der Waals surface area (Å²) in [5.74, 6) is -2.96. The lowest BCUT2D eigenvalue weighted by molar-refractivity contribution is -0.144. The van der Waals surface area contributed by atoms with Gasteiger partial charge >= 0.3 is 5.97 Å². The topological polar surface area (TPSA) is 46.5 Å². The molecule has 0 saturated heterocycles. The number of hydrogen-bond donors (Lipinski definition) is 1. The van der Waals surface area contributed by atoms with Crippen molar-refractivity contribution in [1.82, 2.24) is 0 Å². The van der Waals surface area contributed by atoms with Crippen molar-refractivity contribution in [1.29, 1.82) is 0 Å². The third-order valence-electron chi connectivity index (χ3n) is 1.50. The predicted octanol–water partition coefficient (Wildman–Crippen LogP) is 1.82. The molecular weight excluding hydrogens is 194 g/mol. The molecule has 0 unspecified atom stereocenters. The molecule has 1 atom stereocenters. The van der Waals surface area contributed by atoms with Crippen LogP contribution < -0.4 is 4.74 Å². The fraction of sp³-hybridized carbons (Fsp3) is 0.222. The molecular formula is C9H8F2O3. The van der Waals surface area contributed by atoms with Gasteiger partial charge in [-0.2, -0.15) is 0 Å². The van der Waals surface area contributed by atoms with E-state index in [0.29, 0.717) is 6.07 Å². The van der Waals surface area contributed by atoms with E-state index in [4.69, 9.17) is 9.84 Å². The fourth-order valence-electron chi connectivity index (χ4n) is 0.851. The Bertz CT molecular complexity index is 332. The molecule has 0 fully saturated rings. The van der Waals surface area contributed by atoms with Crippen LogP contribution in [-0.4, -0.2) is 17.2 Å². The van der Waals surface area contributed by atoms with Crippen molar-refractivity contribution in [2.45, 2.75) is 13.0 Å². The molecule has 1 aromatic carbocycles. The Morgan fingerprint density at radius 3 is 2.29 bits per heavy atom. The van der Waals surface area contributed by atoms with Gasteiger partial charge in [0.1, 0.15) is 17.4 Å². The number of rotatable bonds is 3. The first-order chi connectivity index (χ1) is 6.49. The Kier molecular flexibility index (Phi) is 3.01. The molecule has 76 valence electrons. The van der Waals surface area contributed by atoms with E-state index in [2.05, 4.69) is 0 Å². The minimum absolute atomic E-state index is 0.141. The van der Waals surface area contributed by atoms with Gasteiger partial charge in [-0.15, -0.1) is 0 Å². The number of carboxylic acids is 1. The Hall–Kier alpha value is -1.65. The number of aliphatic carboxylic acids is 1. The monoisotopic (exact) mass is 202 g/mol. The quantitative estimate of drug-likeness (QED) is 0.813. The summed E-state index contributed by atoms with van der Waals surface area (Å²) in [5, 5.41) is 8.47. The molecule has 1 rings (SSSR count). The molecule has 14 heavy (non-hydrogen) atoms. The highest BCUT2D eigenvalue weighted by Gasteiger charge is 2.13. The fourth-order valence-corrected chi connectivity index (χ4v) is 0.851. The van der Waals surface area contributed by atoms with E-state index >= 15 is 0 Å². The summed E-state index contributed by atoms with van der Waals surface area (Å²) in [4.78, 5) is 10.4. The Balaban J connectivity index is 2.81. The van der Waals surface area contributed by atoms with Crippen LogP contribution >= 0.6 is 0 Å². The molecule has 0 aliphatic rings. The normalized spacial score (nSPS) is 12.2. The second kappa shape index (κ2) is 4.04. The first-order valence-corrected chi connectivity index (χ1v) is 3.84. The Labute approximate surface area is 78.9 Å². The lowest BCUT2D eigenvalue weighted by Gasteiger charge is -2.09. The van der Waals surface area contributed by atoms with E-state index in [1.807, 2.05) is 0 Å². The van der Waals surface area contributed by atoms with Gasteiger partial charge in [-0.05, 0) is 6.92 Å². The maximum atomic E-state index is 12.6. The van der Waals surface area contributed by atoms with Crippen LogP contribution in [0.3, 0.4) is 0 Å². The highest BCUT2D eigenvalue weighted by molar-refractivity contribution is 5.72. The minimum Gasteiger partial charge on any atom is -0.479 e. The minimum atomic E-state index is -1.20. The Morgan fingerprint density at radius 1 is 1.36 bits per heavy atom. The van der Waals surface area contributed by atoms with Crippen LogP contribution in [0.25, 0.3) is 0 Å². The number of halogens is 2. The van der Waals surface area contributed by atoms with Gasteiger partial charge in [-0.3, -0.25) is 0 Å². The predicted molar refractivity (Wildman–Crippen MR) is 44.1 cm³/mol. The van der Waals surface area contributed by atoms with Crippen molar-refractivity contribution < 1.29 is 23.4 Å². The molecule has 0 bridgehead atoms. The SMILES string of the molecule is C[C@@H](Oc1cc(F)cc(F)c1)C(=O)O. The van der Waals surface area contributed by atoms with E-state index < -0.39 is 23.7 Å². The summed E-state index contributed by atoms with van der Waals surface area (Å²) in [5.41, 5.74) is 0. The molecule has 0 amide bonds. The molecule has 5 heteroatoms. The summed E-state index contributed by atoms with van der Waals surface area (Å²) in [6.07, 6.45) is -1.14. The van der Waals surface area contributed by atoms with E-state index in [0.717, 1.165) is 12.1 Å². The van der Waals surface area contributed by atoms with Crippen molar-refractivity contribution in [2.75, 3.05) is 0 Å². The van der Waals surface area contributed by atoms with Crippen LogP contribution in [-0.2, 0) is 4.79 Å². The van der Waals surface area contributed by atoms with E-state index in [1.54, 1.807) is 0 Å².